The number of benzene rings is 1. The fourth-order valence-corrected chi connectivity index (χ4v) is 2.91. The summed E-state index contributed by atoms with van der Waals surface area (Å²) in [7, 11) is 3.17. The number of anilines is 2. The number of amides is 1. The number of hydrogen-bond acceptors (Lipinski definition) is 5. The highest BCUT2D eigenvalue weighted by atomic mass is 16.5. The Kier molecular flexibility index (Phi) is 5.73. The minimum atomic E-state index is -0.212. The third kappa shape index (κ3) is 4.33. The van der Waals surface area contributed by atoms with Gasteiger partial charge in [-0.05, 0) is 48.7 Å². The van der Waals surface area contributed by atoms with Crippen LogP contribution in [0.15, 0.2) is 42.6 Å². The molecule has 1 fully saturated rings. The summed E-state index contributed by atoms with van der Waals surface area (Å²) in [6.45, 7) is 2.10. The third-order valence-corrected chi connectivity index (χ3v) is 4.28. The molecule has 0 spiro atoms. The minimum Gasteiger partial charge on any atom is -0.493 e. The van der Waals surface area contributed by atoms with Crippen LogP contribution in [0.1, 0.15) is 18.4 Å². The number of nitrogens with one attached hydrogen (secondary N) is 1. The van der Waals surface area contributed by atoms with Crippen LogP contribution in [0.5, 0.6) is 11.5 Å². The van der Waals surface area contributed by atoms with Gasteiger partial charge in [-0.3, -0.25) is 4.79 Å². The van der Waals surface area contributed by atoms with Gasteiger partial charge in [0.2, 0.25) is 5.91 Å². The van der Waals surface area contributed by atoms with E-state index in [4.69, 9.17) is 9.47 Å². The van der Waals surface area contributed by atoms with Gasteiger partial charge in [-0.15, -0.1) is 0 Å². The van der Waals surface area contributed by atoms with Crippen LogP contribution in [-0.2, 0) is 4.79 Å². The molecule has 0 aliphatic carbocycles. The van der Waals surface area contributed by atoms with E-state index in [-0.39, 0.29) is 5.91 Å². The summed E-state index contributed by atoms with van der Waals surface area (Å²) in [6.07, 6.45) is 7.32. The van der Waals surface area contributed by atoms with E-state index in [1.165, 1.54) is 18.9 Å². The fourth-order valence-electron chi connectivity index (χ4n) is 2.91. The van der Waals surface area contributed by atoms with Crippen LogP contribution in [0.2, 0.25) is 0 Å². The Morgan fingerprint density at radius 3 is 2.54 bits per heavy atom. The molecule has 0 bridgehead atoms. The number of hydrogen-bond donors (Lipinski definition) is 1. The molecular formula is C20H23N3O3. The molecule has 1 amide bonds. The van der Waals surface area contributed by atoms with Gasteiger partial charge in [-0.25, -0.2) is 4.98 Å². The van der Waals surface area contributed by atoms with E-state index in [1.807, 2.05) is 24.3 Å². The first-order chi connectivity index (χ1) is 12.7. The Labute approximate surface area is 153 Å². The molecule has 1 aliphatic rings. The number of pyridine rings is 1. The van der Waals surface area contributed by atoms with Crippen LogP contribution in [0.25, 0.3) is 6.08 Å². The van der Waals surface area contributed by atoms with Gasteiger partial charge in [0, 0.05) is 19.2 Å². The normalized spacial score (nSPS) is 13.8. The summed E-state index contributed by atoms with van der Waals surface area (Å²) < 4.78 is 10.5. The average molecular weight is 353 g/mol. The van der Waals surface area contributed by atoms with Gasteiger partial charge in [-0.2, -0.15) is 0 Å². The maximum Gasteiger partial charge on any atom is 0.248 e. The van der Waals surface area contributed by atoms with Crippen molar-refractivity contribution >= 4 is 23.5 Å². The van der Waals surface area contributed by atoms with Gasteiger partial charge in [0.1, 0.15) is 5.82 Å². The molecule has 0 atom stereocenters. The summed E-state index contributed by atoms with van der Waals surface area (Å²) in [5.74, 6) is 2.02. The molecule has 6 nitrogen and oxygen atoms in total. The second kappa shape index (κ2) is 8.38. The Bertz CT molecular complexity index is 781. The maximum atomic E-state index is 12.1. The predicted molar refractivity (Wildman–Crippen MR) is 103 cm³/mol. The van der Waals surface area contributed by atoms with E-state index < -0.39 is 0 Å². The zero-order chi connectivity index (χ0) is 18.4. The quantitative estimate of drug-likeness (QED) is 0.807. The molecule has 26 heavy (non-hydrogen) atoms. The molecule has 1 aromatic heterocycles. The summed E-state index contributed by atoms with van der Waals surface area (Å²) in [5, 5.41) is 2.82. The van der Waals surface area contributed by atoms with Crippen LogP contribution >= 0.6 is 0 Å². The second-order valence-electron chi connectivity index (χ2n) is 6.04. The van der Waals surface area contributed by atoms with Crippen LogP contribution in [0.4, 0.5) is 11.5 Å². The molecule has 1 saturated heterocycles. The molecule has 0 radical (unpaired) electrons. The van der Waals surface area contributed by atoms with Crippen molar-refractivity contribution in [3.8, 4) is 11.5 Å². The van der Waals surface area contributed by atoms with Crippen molar-refractivity contribution in [1.82, 2.24) is 4.98 Å². The highest BCUT2D eigenvalue weighted by Gasteiger charge is 2.13. The highest BCUT2D eigenvalue weighted by Crippen LogP contribution is 2.28. The summed E-state index contributed by atoms with van der Waals surface area (Å²) >= 11 is 0. The van der Waals surface area contributed by atoms with Crippen molar-refractivity contribution in [3.05, 3.63) is 48.2 Å². The van der Waals surface area contributed by atoms with Crippen LogP contribution in [0, 0.1) is 0 Å². The summed E-state index contributed by atoms with van der Waals surface area (Å²) in [5.41, 5.74) is 1.52. The Morgan fingerprint density at radius 2 is 1.88 bits per heavy atom. The smallest absolute Gasteiger partial charge is 0.248 e. The maximum absolute atomic E-state index is 12.1. The van der Waals surface area contributed by atoms with E-state index in [0.717, 1.165) is 24.5 Å². The fraction of sp³-hybridized carbons (Fsp3) is 0.300. The van der Waals surface area contributed by atoms with E-state index in [1.54, 1.807) is 32.6 Å². The number of carbonyl (C=O) groups excluding carboxylic acids is 1. The van der Waals surface area contributed by atoms with E-state index in [2.05, 4.69) is 15.2 Å². The summed E-state index contributed by atoms with van der Waals surface area (Å²) in [6, 6.07) is 9.30. The van der Waals surface area contributed by atoms with Gasteiger partial charge in [-0.1, -0.05) is 6.07 Å². The van der Waals surface area contributed by atoms with Gasteiger partial charge < -0.3 is 19.7 Å². The van der Waals surface area contributed by atoms with Crippen molar-refractivity contribution in [3.63, 3.8) is 0 Å². The Morgan fingerprint density at radius 1 is 1.12 bits per heavy atom. The molecule has 1 aromatic carbocycles. The lowest BCUT2D eigenvalue weighted by molar-refractivity contribution is -0.111. The van der Waals surface area contributed by atoms with E-state index in [0.29, 0.717) is 17.2 Å². The minimum absolute atomic E-state index is 0.212. The molecule has 2 heterocycles. The average Bonchev–Trinajstić information content (AvgIpc) is 3.21. The zero-order valence-electron chi connectivity index (χ0n) is 15.1. The molecular weight excluding hydrogens is 330 g/mol. The van der Waals surface area contributed by atoms with Crippen LogP contribution in [0.3, 0.4) is 0 Å². The Balaban J connectivity index is 1.60. The first-order valence-electron chi connectivity index (χ1n) is 8.61. The SMILES string of the molecule is COc1ccc(/C=C/C(=O)Nc2ccc(N3CCCC3)nc2)cc1OC. The van der Waals surface area contributed by atoms with Crippen molar-refractivity contribution < 1.29 is 14.3 Å². The topological polar surface area (TPSA) is 63.7 Å². The third-order valence-electron chi connectivity index (χ3n) is 4.28. The number of rotatable bonds is 6. The van der Waals surface area contributed by atoms with Crippen molar-refractivity contribution in [2.45, 2.75) is 12.8 Å². The Hall–Kier alpha value is -3.02. The molecule has 136 valence electrons. The van der Waals surface area contributed by atoms with E-state index in [9.17, 15) is 4.79 Å². The van der Waals surface area contributed by atoms with Gasteiger partial charge >= 0.3 is 0 Å². The van der Waals surface area contributed by atoms with Crippen molar-refractivity contribution in [2.75, 3.05) is 37.5 Å². The predicted octanol–water partition coefficient (Wildman–Crippen LogP) is 3.35. The molecule has 1 N–H and O–H groups in total. The first kappa shape index (κ1) is 17.8. The highest BCUT2D eigenvalue weighted by molar-refractivity contribution is 6.01. The largest absolute Gasteiger partial charge is 0.493 e. The molecule has 0 unspecified atom stereocenters. The standard InChI is InChI=1S/C20H23N3O3/c1-25-17-8-5-15(13-18(17)26-2)6-10-20(24)22-16-7-9-19(21-14-16)23-11-3-4-12-23/h5-10,13-14H,3-4,11-12H2,1-2H3,(H,22,24)/b10-6+. The number of nitrogens with zero attached hydrogens (tertiary/aromatic N) is 2. The first-order valence-corrected chi connectivity index (χ1v) is 8.61. The lowest BCUT2D eigenvalue weighted by Crippen LogP contribution is -2.18. The molecule has 2 aromatic rings. The molecule has 6 heteroatoms. The number of ether oxygens (including phenoxy) is 2. The molecule has 3 rings (SSSR count). The van der Waals surface area contributed by atoms with E-state index >= 15 is 0 Å². The van der Waals surface area contributed by atoms with Gasteiger partial charge in [0.05, 0.1) is 26.1 Å². The van der Waals surface area contributed by atoms with Crippen LogP contribution in [-0.4, -0.2) is 38.2 Å². The van der Waals surface area contributed by atoms with Crippen molar-refractivity contribution in [2.24, 2.45) is 0 Å². The number of carbonyl (C=O) groups is 1. The van der Waals surface area contributed by atoms with Gasteiger partial charge in [0.15, 0.2) is 11.5 Å². The molecule has 0 saturated carbocycles. The summed E-state index contributed by atoms with van der Waals surface area (Å²) in [4.78, 5) is 18.8. The van der Waals surface area contributed by atoms with Crippen LogP contribution < -0.4 is 19.7 Å². The number of methoxy groups -OCH3 is 2. The number of aromatic nitrogens is 1. The second-order valence-corrected chi connectivity index (χ2v) is 6.04. The van der Waals surface area contributed by atoms with Gasteiger partial charge in [0.25, 0.3) is 0 Å². The zero-order valence-corrected chi connectivity index (χ0v) is 15.1. The monoisotopic (exact) mass is 353 g/mol. The lowest BCUT2D eigenvalue weighted by Gasteiger charge is -2.16. The van der Waals surface area contributed by atoms with Crippen molar-refractivity contribution in [1.29, 1.82) is 0 Å². The lowest BCUT2D eigenvalue weighted by atomic mass is 10.2. The molecule has 1 aliphatic heterocycles.